The zero-order valence-electron chi connectivity index (χ0n) is 11.6. The van der Waals surface area contributed by atoms with Gasteiger partial charge >= 0.3 is 0 Å². The summed E-state index contributed by atoms with van der Waals surface area (Å²) >= 11 is 3.48. The van der Waals surface area contributed by atoms with E-state index in [1.165, 1.54) is 0 Å². The lowest BCUT2D eigenvalue weighted by atomic mass is 10.2. The molecule has 0 aliphatic rings. The van der Waals surface area contributed by atoms with Crippen LogP contribution in [0, 0.1) is 0 Å². The maximum Gasteiger partial charge on any atom is 0.120 e. The summed E-state index contributed by atoms with van der Waals surface area (Å²) < 4.78 is 1.05. The number of aromatic amines is 1. The summed E-state index contributed by atoms with van der Waals surface area (Å²) in [4.78, 5) is 9.98. The number of hydrogen-bond acceptors (Lipinski definition) is 3. The van der Waals surface area contributed by atoms with Gasteiger partial charge in [0.25, 0.3) is 0 Å². The van der Waals surface area contributed by atoms with Crippen molar-refractivity contribution in [2.24, 2.45) is 0 Å². The fraction of sp³-hybridized carbons (Fsp3) is 0.400. The van der Waals surface area contributed by atoms with Gasteiger partial charge in [0.1, 0.15) is 5.82 Å². The van der Waals surface area contributed by atoms with Crippen molar-refractivity contribution in [2.75, 3.05) is 19.7 Å². The lowest BCUT2D eigenvalue weighted by molar-refractivity contribution is 0.188. The minimum absolute atomic E-state index is 0.180. The van der Waals surface area contributed by atoms with Crippen LogP contribution in [-0.2, 0) is 6.54 Å². The van der Waals surface area contributed by atoms with E-state index < -0.39 is 0 Å². The molecule has 0 amide bonds. The molecule has 1 aromatic carbocycles. The van der Waals surface area contributed by atoms with Crippen molar-refractivity contribution in [1.82, 2.24) is 14.9 Å². The number of nitrogens with zero attached hydrogens (tertiary/aromatic N) is 2. The van der Waals surface area contributed by atoms with Crippen molar-refractivity contribution >= 4 is 15.9 Å². The molecule has 0 atom stereocenters. The van der Waals surface area contributed by atoms with Gasteiger partial charge in [-0.25, -0.2) is 4.98 Å². The molecule has 1 aromatic heterocycles. The van der Waals surface area contributed by atoms with Crippen LogP contribution in [0.2, 0.25) is 0 Å². The lowest BCUT2D eigenvalue weighted by Crippen LogP contribution is -2.27. The number of aliphatic hydroxyl groups is 1. The van der Waals surface area contributed by atoms with Crippen LogP contribution in [0.4, 0.5) is 0 Å². The SMILES string of the molecule is CCCN(CCO)Cc1ncc(-c2cccc(Br)c2)[nH]1. The molecule has 0 aliphatic heterocycles. The molecule has 5 heteroatoms. The topological polar surface area (TPSA) is 52.1 Å². The minimum atomic E-state index is 0.180. The van der Waals surface area contributed by atoms with Crippen molar-refractivity contribution in [3.8, 4) is 11.3 Å². The quantitative estimate of drug-likeness (QED) is 0.816. The zero-order chi connectivity index (χ0) is 14.4. The molecule has 2 N–H and O–H groups in total. The van der Waals surface area contributed by atoms with Crippen LogP contribution < -0.4 is 0 Å². The summed E-state index contributed by atoms with van der Waals surface area (Å²) in [5, 5.41) is 9.08. The number of hydrogen-bond donors (Lipinski definition) is 2. The van der Waals surface area contributed by atoms with E-state index >= 15 is 0 Å². The summed E-state index contributed by atoms with van der Waals surface area (Å²) in [7, 11) is 0. The maximum absolute atomic E-state index is 9.08. The van der Waals surface area contributed by atoms with Crippen LogP contribution in [0.1, 0.15) is 19.2 Å². The predicted molar refractivity (Wildman–Crippen MR) is 84.4 cm³/mol. The zero-order valence-corrected chi connectivity index (χ0v) is 13.2. The molecule has 0 unspecified atom stereocenters. The number of aromatic nitrogens is 2. The highest BCUT2D eigenvalue weighted by molar-refractivity contribution is 9.10. The Morgan fingerprint density at radius 1 is 1.35 bits per heavy atom. The van der Waals surface area contributed by atoms with Crippen molar-refractivity contribution < 1.29 is 5.11 Å². The van der Waals surface area contributed by atoms with Gasteiger partial charge in [-0.15, -0.1) is 0 Å². The van der Waals surface area contributed by atoms with Gasteiger partial charge < -0.3 is 10.1 Å². The van der Waals surface area contributed by atoms with Crippen molar-refractivity contribution in [3.63, 3.8) is 0 Å². The van der Waals surface area contributed by atoms with Gasteiger partial charge in [-0.05, 0) is 25.1 Å². The molecule has 20 heavy (non-hydrogen) atoms. The minimum Gasteiger partial charge on any atom is -0.395 e. The number of H-pyrrole nitrogens is 1. The van der Waals surface area contributed by atoms with Gasteiger partial charge in [-0.2, -0.15) is 0 Å². The molecular formula is C15H20BrN3O. The number of rotatable bonds is 7. The third kappa shape index (κ3) is 4.16. The second-order valence-electron chi connectivity index (χ2n) is 4.75. The number of halogens is 1. The average Bonchev–Trinajstić information content (AvgIpc) is 2.88. The van der Waals surface area contributed by atoms with Crippen molar-refractivity contribution in [3.05, 3.63) is 40.8 Å². The Hall–Kier alpha value is -1.17. The molecule has 0 radical (unpaired) electrons. The molecule has 0 bridgehead atoms. The molecule has 0 fully saturated rings. The van der Waals surface area contributed by atoms with Crippen LogP contribution in [0.3, 0.4) is 0 Å². The number of imidazole rings is 1. The lowest BCUT2D eigenvalue weighted by Gasteiger charge is -2.18. The van der Waals surface area contributed by atoms with Crippen LogP contribution in [0.15, 0.2) is 34.9 Å². The first-order valence-corrected chi connectivity index (χ1v) is 7.65. The Bertz CT molecular complexity index is 535. The maximum atomic E-state index is 9.08. The largest absolute Gasteiger partial charge is 0.395 e. The van der Waals surface area contributed by atoms with E-state index in [0.29, 0.717) is 6.54 Å². The molecule has 0 spiro atoms. The Morgan fingerprint density at radius 3 is 2.90 bits per heavy atom. The second kappa shape index (κ2) is 7.57. The van der Waals surface area contributed by atoms with Gasteiger partial charge in [0.2, 0.25) is 0 Å². The molecule has 0 saturated heterocycles. The fourth-order valence-electron chi connectivity index (χ4n) is 2.18. The molecule has 2 rings (SSSR count). The van der Waals surface area contributed by atoms with E-state index in [4.69, 9.17) is 5.11 Å². The molecule has 1 heterocycles. The summed E-state index contributed by atoms with van der Waals surface area (Å²) in [6, 6.07) is 8.13. The normalized spacial score (nSPS) is 11.2. The first kappa shape index (κ1) is 15.2. The highest BCUT2D eigenvalue weighted by atomic mass is 79.9. The fourth-order valence-corrected chi connectivity index (χ4v) is 2.58. The van der Waals surface area contributed by atoms with E-state index in [2.05, 4.69) is 49.9 Å². The summed E-state index contributed by atoms with van der Waals surface area (Å²) in [6.45, 7) is 4.70. The summed E-state index contributed by atoms with van der Waals surface area (Å²) in [6.07, 6.45) is 2.93. The van der Waals surface area contributed by atoms with E-state index in [0.717, 1.165) is 41.1 Å². The van der Waals surface area contributed by atoms with E-state index in [1.54, 1.807) is 0 Å². The summed E-state index contributed by atoms with van der Waals surface area (Å²) in [5.41, 5.74) is 2.13. The second-order valence-corrected chi connectivity index (χ2v) is 5.67. The standard InChI is InChI=1S/C15H20BrN3O/c1-2-6-19(7-8-20)11-15-17-10-14(18-15)12-4-3-5-13(16)9-12/h3-5,9-10,20H,2,6-8,11H2,1H3,(H,17,18). The number of benzene rings is 1. The third-order valence-electron chi connectivity index (χ3n) is 3.09. The first-order chi connectivity index (χ1) is 9.72. The average molecular weight is 338 g/mol. The van der Waals surface area contributed by atoms with Gasteiger partial charge in [0, 0.05) is 16.6 Å². The van der Waals surface area contributed by atoms with Gasteiger partial charge in [-0.3, -0.25) is 4.90 Å². The van der Waals surface area contributed by atoms with Gasteiger partial charge in [0.05, 0.1) is 25.0 Å². The molecule has 0 saturated carbocycles. The number of nitrogens with one attached hydrogen (secondary N) is 1. The predicted octanol–water partition coefficient (Wildman–Crippen LogP) is 3.04. The van der Waals surface area contributed by atoms with Crippen LogP contribution in [0.5, 0.6) is 0 Å². The molecule has 4 nitrogen and oxygen atoms in total. The monoisotopic (exact) mass is 337 g/mol. The van der Waals surface area contributed by atoms with E-state index in [9.17, 15) is 0 Å². The highest BCUT2D eigenvalue weighted by Gasteiger charge is 2.08. The Morgan fingerprint density at radius 2 is 2.20 bits per heavy atom. The third-order valence-corrected chi connectivity index (χ3v) is 3.59. The molecular weight excluding hydrogens is 318 g/mol. The Labute approximate surface area is 128 Å². The van der Waals surface area contributed by atoms with Gasteiger partial charge in [0.15, 0.2) is 0 Å². The molecule has 2 aromatic rings. The van der Waals surface area contributed by atoms with Crippen LogP contribution >= 0.6 is 15.9 Å². The van der Waals surface area contributed by atoms with Crippen molar-refractivity contribution in [1.29, 1.82) is 0 Å². The summed E-state index contributed by atoms with van der Waals surface area (Å²) in [5.74, 6) is 0.932. The molecule has 108 valence electrons. The van der Waals surface area contributed by atoms with Crippen LogP contribution in [0.25, 0.3) is 11.3 Å². The van der Waals surface area contributed by atoms with E-state index in [1.807, 2.05) is 18.3 Å². The van der Waals surface area contributed by atoms with E-state index in [-0.39, 0.29) is 6.61 Å². The van der Waals surface area contributed by atoms with Gasteiger partial charge in [-0.1, -0.05) is 35.0 Å². The number of aliphatic hydroxyl groups excluding tert-OH is 1. The highest BCUT2D eigenvalue weighted by Crippen LogP contribution is 2.21. The van der Waals surface area contributed by atoms with Crippen molar-refractivity contribution in [2.45, 2.75) is 19.9 Å². The first-order valence-electron chi connectivity index (χ1n) is 6.86. The van der Waals surface area contributed by atoms with Crippen LogP contribution in [-0.4, -0.2) is 39.7 Å². The molecule has 0 aliphatic carbocycles. The Kier molecular flexibility index (Phi) is 5.76. The Balaban J connectivity index is 2.08. The smallest absolute Gasteiger partial charge is 0.120 e.